The molecule has 4 heteroatoms. The van der Waals surface area contributed by atoms with Crippen molar-refractivity contribution in [2.45, 2.75) is 39.7 Å². The van der Waals surface area contributed by atoms with E-state index >= 15 is 0 Å². The monoisotopic (exact) mass is 349 g/mol. The third kappa shape index (κ3) is 4.17. The van der Waals surface area contributed by atoms with Crippen LogP contribution in [0.3, 0.4) is 0 Å². The molecule has 0 saturated heterocycles. The lowest BCUT2D eigenvalue weighted by atomic mass is 9.97. The Morgan fingerprint density at radius 2 is 1.95 bits per heavy atom. The Balaban J connectivity index is 2.26. The molecular weight excluding hydrogens is 326 g/mol. The molecule has 0 spiro atoms. The third-order valence-corrected chi connectivity index (χ3v) is 4.95. The molecule has 2 rings (SSSR count). The van der Waals surface area contributed by atoms with Gasteiger partial charge >= 0.3 is 0 Å². The minimum Gasteiger partial charge on any atom is -0.310 e. The molecule has 0 bridgehead atoms. The van der Waals surface area contributed by atoms with Gasteiger partial charge in [-0.05, 0) is 55.5 Å². The summed E-state index contributed by atoms with van der Waals surface area (Å²) in [5.41, 5.74) is 5.20. The molecule has 0 aliphatic rings. The zero-order valence-corrected chi connectivity index (χ0v) is 14.9. The van der Waals surface area contributed by atoms with Crippen molar-refractivity contribution >= 4 is 15.9 Å². The van der Waals surface area contributed by atoms with Gasteiger partial charge in [-0.2, -0.15) is 5.10 Å². The van der Waals surface area contributed by atoms with Crippen LogP contribution in [0.2, 0.25) is 0 Å². The van der Waals surface area contributed by atoms with Crippen LogP contribution in [0.4, 0.5) is 0 Å². The fraction of sp³-hybridized carbons (Fsp3) is 0.471. The molecule has 3 nitrogen and oxygen atoms in total. The lowest BCUT2D eigenvalue weighted by Crippen LogP contribution is -2.24. The number of aromatic nitrogens is 2. The summed E-state index contributed by atoms with van der Waals surface area (Å²) >= 11 is 3.65. The molecule has 1 atom stereocenters. The van der Waals surface area contributed by atoms with Crippen LogP contribution in [0.1, 0.15) is 41.6 Å². The molecule has 0 aliphatic carbocycles. The van der Waals surface area contributed by atoms with E-state index in [1.54, 1.807) is 0 Å². The molecule has 1 aromatic heterocycles. The van der Waals surface area contributed by atoms with Crippen molar-refractivity contribution in [1.29, 1.82) is 0 Å². The number of rotatable bonds is 6. The van der Waals surface area contributed by atoms with Crippen molar-refractivity contribution in [2.24, 2.45) is 7.05 Å². The molecule has 21 heavy (non-hydrogen) atoms. The second kappa shape index (κ2) is 7.23. The van der Waals surface area contributed by atoms with E-state index in [0.29, 0.717) is 6.04 Å². The molecule has 0 amide bonds. The zero-order chi connectivity index (χ0) is 15.4. The minimum atomic E-state index is 0.333. The predicted molar refractivity (Wildman–Crippen MR) is 91.6 cm³/mol. The van der Waals surface area contributed by atoms with E-state index in [0.717, 1.165) is 19.4 Å². The van der Waals surface area contributed by atoms with E-state index < -0.39 is 0 Å². The van der Waals surface area contributed by atoms with Crippen LogP contribution in [0, 0.1) is 13.8 Å². The van der Waals surface area contributed by atoms with Crippen LogP contribution < -0.4 is 5.32 Å². The van der Waals surface area contributed by atoms with E-state index in [1.165, 1.54) is 26.7 Å². The average molecular weight is 350 g/mol. The topological polar surface area (TPSA) is 29.9 Å². The fourth-order valence-corrected chi connectivity index (χ4v) is 2.85. The van der Waals surface area contributed by atoms with E-state index in [9.17, 15) is 0 Å². The largest absolute Gasteiger partial charge is 0.310 e. The molecule has 1 heterocycles. The molecule has 0 saturated carbocycles. The van der Waals surface area contributed by atoms with Gasteiger partial charge in [0.2, 0.25) is 0 Å². The van der Waals surface area contributed by atoms with Gasteiger partial charge in [-0.3, -0.25) is 4.68 Å². The number of hydrogen-bond donors (Lipinski definition) is 1. The Labute approximate surface area is 135 Å². The van der Waals surface area contributed by atoms with Crippen LogP contribution in [-0.2, 0) is 13.5 Å². The predicted octanol–water partition coefficient (Wildman–Crippen LogP) is 4.08. The molecular formula is C17H24BrN3. The Morgan fingerprint density at radius 1 is 1.29 bits per heavy atom. The Bertz CT molecular complexity index is 581. The maximum Gasteiger partial charge on any atom is 0.0522 e. The summed E-state index contributed by atoms with van der Waals surface area (Å²) in [6.45, 7) is 7.54. The van der Waals surface area contributed by atoms with Gasteiger partial charge in [0.05, 0.1) is 6.20 Å². The van der Waals surface area contributed by atoms with Gasteiger partial charge in [-0.1, -0.05) is 35.0 Å². The summed E-state index contributed by atoms with van der Waals surface area (Å²) in [4.78, 5) is 0. The second-order valence-corrected chi connectivity index (χ2v) is 6.49. The first-order chi connectivity index (χ1) is 10.0. The molecule has 0 fully saturated rings. The van der Waals surface area contributed by atoms with Gasteiger partial charge in [0.15, 0.2) is 0 Å². The summed E-state index contributed by atoms with van der Waals surface area (Å²) in [6.07, 6.45) is 6.16. The summed E-state index contributed by atoms with van der Waals surface area (Å²) in [5, 5.41) is 7.94. The van der Waals surface area contributed by atoms with Crippen molar-refractivity contribution in [2.75, 3.05) is 6.54 Å². The number of nitrogens with one attached hydrogen (secondary N) is 1. The standard InChI is InChI=1S/C17H24BrN3/c1-5-6-19-16(9-14-10-20-21(4)11-14)15-7-12(2)17(18)13(3)8-15/h7-8,10-11,16,19H,5-6,9H2,1-4H3. The maximum absolute atomic E-state index is 4.27. The van der Waals surface area contributed by atoms with E-state index in [2.05, 4.69) is 65.4 Å². The van der Waals surface area contributed by atoms with Crippen LogP contribution >= 0.6 is 15.9 Å². The van der Waals surface area contributed by atoms with Crippen molar-refractivity contribution in [1.82, 2.24) is 15.1 Å². The molecule has 114 valence electrons. The Morgan fingerprint density at radius 3 is 2.48 bits per heavy atom. The summed E-state index contributed by atoms with van der Waals surface area (Å²) < 4.78 is 3.08. The molecule has 0 radical (unpaired) electrons. The van der Waals surface area contributed by atoms with Crippen molar-refractivity contribution < 1.29 is 0 Å². The lowest BCUT2D eigenvalue weighted by molar-refractivity contribution is 0.528. The van der Waals surface area contributed by atoms with Crippen molar-refractivity contribution in [3.8, 4) is 0 Å². The zero-order valence-electron chi connectivity index (χ0n) is 13.3. The number of benzene rings is 1. The Kier molecular flexibility index (Phi) is 5.59. The average Bonchev–Trinajstić information content (AvgIpc) is 2.85. The summed E-state index contributed by atoms with van der Waals surface area (Å²) in [5.74, 6) is 0. The molecule has 1 unspecified atom stereocenters. The van der Waals surface area contributed by atoms with Crippen LogP contribution in [0.15, 0.2) is 29.0 Å². The van der Waals surface area contributed by atoms with Gasteiger partial charge in [-0.15, -0.1) is 0 Å². The summed E-state index contributed by atoms with van der Waals surface area (Å²) in [7, 11) is 1.96. The van der Waals surface area contributed by atoms with Crippen LogP contribution in [0.25, 0.3) is 0 Å². The smallest absolute Gasteiger partial charge is 0.0522 e. The minimum absolute atomic E-state index is 0.333. The van der Waals surface area contributed by atoms with Gasteiger partial charge in [0, 0.05) is 23.8 Å². The molecule has 0 aliphatic heterocycles. The number of halogens is 1. The molecule has 1 N–H and O–H groups in total. The quantitative estimate of drug-likeness (QED) is 0.851. The first kappa shape index (κ1) is 16.2. The van der Waals surface area contributed by atoms with Crippen molar-refractivity contribution in [3.05, 3.63) is 51.3 Å². The first-order valence-corrected chi connectivity index (χ1v) is 8.28. The number of aryl methyl sites for hydroxylation is 3. The first-order valence-electron chi connectivity index (χ1n) is 7.48. The molecule has 1 aromatic carbocycles. The van der Waals surface area contributed by atoms with E-state index in [4.69, 9.17) is 0 Å². The van der Waals surface area contributed by atoms with E-state index in [-0.39, 0.29) is 0 Å². The highest BCUT2D eigenvalue weighted by atomic mass is 79.9. The number of hydrogen-bond acceptors (Lipinski definition) is 2. The van der Waals surface area contributed by atoms with Gasteiger partial charge in [0.25, 0.3) is 0 Å². The third-order valence-electron chi connectivity index (χ3n) is 3.70. The van der Waals surface area contributed by atoms with Gasteiger partial charge in [-0.25, -0.2) is 0 Å². The highest BCUT2D eigenvalue weighted by Crippen LogP contribution is 2.27. The molecule has 2 aromatic rings. The highest BCUT2D eigenvalue weighted by Gasteiger charge is 2.14. The second-order valence-electron chi connectivity index (χ2n) is 5.70. The lowest BCUT2D eigenvalue weighted by Gasteiger charge is -2.20. The fourth-order valence-electron chi connectivity index (χ4n) is 2.62. The van der Waals surface area contributed by atoms with Crippen LogP contribution in [-0.4, -0.2) is 16.3 Å². The van der Waals surface area contributed by atoms with E-state index in [1.807, 2.05) is 17.9 Å². The maximum atomic E-state index is 4.27. The van der Waals surface area contributed by atoms with Crippen LogP contribution in [0.5, 0.6) is 0 Å². The Hall–Kier alpha value is -1.13. The normalized spacial score (nSPS) is 12.6. The SMILES string of the molecule is CCCNC(Cc1cnn(C)c1)c1cc(C)c(Br)c(C)c1. The summed E-state index contributed by atoms with van der Waals surface area (Å²) in [6, 6.07) is 4.89. The number of nitrogens with zero attached hydrogens (tertiary/aromatic N) is 2. The van der Waals surface area contributed by atoms with Crippen molar-refractivity contribution in [3.63, 3.8) is 0 Å². The van der Waals surface area contributed by atoms with Gasteiger partial charge in [0.1, 0.15) is 0 Å². The highest BCUT2D eigenvalue weighted by molar-refractivity contribution is 9.10. The van der Waals surface area contributed by atoms with Gasteiger partial charge < -0.3 is 5.32 Å².